The number of hydrogen-bond acceptors (Lipinski definition) is 7. The molecule has 114 valence electrons. The van der Waals surface area contributed by atoms with Crippen molar-refractivity contribution in [3.63, 3.8) is 0 Å². The van der Waals surface area contributed by atoms with E-state index < -0.39 is 18.4 Å². The average molecular weight is 357 g/mol. The molecular weight excluding hydrogens is 350 g/mol. The fourth-order valence-electron chi connectivity index (χ4n) is 1.99. The highest BCUT2D eigenvalue weighted by Gasteiger charge is 2.32. The number of aliphatic carboxylic acids is 1. The third-order valence-electron chi connectivity index (χ3n) is 2.91. The third kappa shape index (κ3) is 2.77. The minimum absolute atomic E-state index is 0.0895. The Morgan fingerprint density at radius 3 is 3.00 bits per heavy atom. The number of thioether (sulfide) groups is 1. The van der Waals surface area contributed by atoms with E-state index in [0.29, 0.717) is 27.0 Å². The fourth-order valence-corrected chi connectivity index (χ4v) is 3.52. The van der Waals surface area contributed by atoms with E-state index in [9.17, 15) is 14.7 Å². The molecule has 0 saturated carbocycles. The first-order chi connectivity index (χ1) is 10.5. The zero-order chi connectivity index (χ0) is 15.9. The Morgan fingerprint density at radius 1 is 1.50 bits per heavy atom. The number of amides is 1. The molecule has 1 aromatic rings. The van der Waals surface area contributed by atoms with E-state index in [1.807, 2.05) is 0 Å². The molecule has 1 aromatic carbocycles. The molecule has 22 heavy (non-hydrogen) atoms. The van der Waals surface area contributed by atoms with Crippen LogP contribution in [-0.2, 0) is 9.59 Å². The van der Waals surface area contributed by atoms with E-state index in [2.05, 4.69) is 0 Å². The van der Waals surface area contributed by atoms with Crippen LogP contribution in [0.5, 0.6) is 11.5 Å². The maximum atomic E-state index is 12.1. The second-order valence-corrected chi connectivity index (χ2v) is 6.46. The van der Waals surface area contributed by atoms with E-state index in [1.54, 1.807) is 18.2 Å². The number of ether oxygens (including phenoxy) is 2. The van der Waals surface area contributed by atoms with Crippen LogP contribution >= 0.6 is 35.6 Å². The smallest absolute Gasteiger partial charge is 0.266 e. The van der Waals surface area contributed by atoms with Gasteiger partial charge in [-0.3, -0.25) is 9.69 Å². The Bertz CT molecular complexity index is 733. The molecule has 6 nitrogen and oxygen atoms in total. The molecule has 9 heteroatoms. The summed E-state index contributed by atoms with van der Waals surface area (Å²) < 4.78 is 10.6. The monoisotopic (exact) mass is 356 g/mol. The summed E-state index contributed by atoms with van der Waals surface area (Å²) in [5.74, 6) is -0.899. The molecule has 1 saturated heterocycles. The molecular formula is C13H7ClNO5S2-. The van der Waals surface area contributed by atoms with Crippen molar-refractivity contribution in [2.45, 2.75) is 0 Å². The van der Waals surface area contributed by atoms with E-state index in [1.165, 1.54) is 0 Å². The minimum atomic E-state index is -1.37. The van der Waals surface area contributed by atoms with Crippen LogP contribution in [0.4, 0.5) is 0 Å². The molecule has 0 N–H and O–H groups in total. The molecule has 0 atom stereocenters. The van der Waals surface area contributed by atoms with Crippen molar-refractivity contribution in [2.75, 3.05) is 13.3 Å². The number of fused-ring (bicyclic) bond motifs is 1. The van der Waals surface area contributed by atoms with Gasteiger partial charge in [-0.1, -0.05) is 35.6 Å². The molecule has 0 unspecified atom stereocenters. The van der Waals surface area contributed by atoms with Gasteiger partial charge in [-0.2, -0.15) is 0 Å². The van der Waals surface area contributed by atoms with E-state index in [0.717, 1.165) is 16.7 Å². The summed E-state index contributed by atoms with van der Waals surface area (Å²) in [5.41, 5.74) is 0.628. The maximum Gasteiger partial charge on any atom is 0.266 e. The van der Waals surface area contributed by atoms with Gasteiger partial charge in [0.05, 0.1) is 22.4 Å². The second-order valence-electron chi connectivity index (χ2n) is 4.38. The molecule has 1 fully saturated rings. The van der Waals surface area contributed by atoms with Crippen molar-refractivity contribution in [1.29, 1.82) is 0 Å². The zero-order valence-electron chi connectivity index (χ0n) is 10.8. The summed E-state index contributed by atoms with van der Waals surface area (Å²) in [4.78, 5) is 24.1. The summed E-state index contributed by atoms with van der Waals surface area (Å²) in [6.45, 7) is -0.476. The normalized spacial score (nSPS) is 18.4. The Balaban J connectivity index is 1.90. The van der Waals surface area contributed by atoms with Crippen molar-refractivity contribution in [3.8, 4) is 11.5 Å². The minimum Gasteiger partial charge on any atom is -0.548 e. The molecule has 1 amide bonds. The van der Waals surface area contributed by atoms with Crippen molar-refractivity contribution in [1.82, 2.24) is 4.90 Å². The number of rotatable bonds is 3. The molecule has 2 aliphatic heterocycles. The zero-order valence-corrected chi connectivity index (χ0v) is 13.2. The molecule has 0 aromatic heterocycles. The highest BCUT2D eigenvalue weighted by molar-refractivity contribution is 8.26. The number of carbonyl (C=O) groups excluding carboxylic acids is 2. The molecule has 0 radical (unpaired) electrons. The highest BCUT2D eigenvalue weighted by Crippen LogP contribution is 2.41. The fraction of sp³-hybridized carbons (Fsp3) is 0.154. The van der Waals surface area contributed by atoms with Gasteiger partial charge in [-0.15, -0.1) is 0 Å². The number of thiocarbonyl (C=S) groups is 1. The molecule has 0 bridgehead atoms. The van der Waals surface area contributed by atoms with Crippen molar-refractivity contribution in [2.24, 2.45) is 0 Å². The maximum absolute atomic E-state index is 12.1. The third-order valence-corrected chi connectivity index (χ3v) is 4.57. The summed E-state index contributed by atoms with van der Waals surface area (Å²) in [6.07, 6.45) is 1.57. The first-order valence-corrected chi connectivity index (χ1v) is 7.60. The summed E-state index contributed by atoms with van der Waals surface area (Å²) in [5, 5.41) is 11.0. The average Bonchev–Trinajstić information content (AvgIpc) is 3.00. The largest absolute Gasteiger partial charge is 0.548 e. The van der Waals surface area contributed by atoms with Crippen LogP contribution in [-0.4, -0.2) is 34.4 Å². The van der Waals surface area contributed by atoms with Gasteiger partial charge in [0.25, 0.3) is 5.91 Å². The topological polar surface area (TPSA) is 78.9 Å². The van der Waals surface area contributed by atoms with E-state index in [-0.39, 0.29) is 11.1 Å². The number of nitrogens with zero attached hydrogens (tertiary/aromatic N) is 1. The Labute approximate surface area is 139 Å². The molecule has 2 aliphatic rings. The molecule has 3 rings (SSSR count). The summed E-state index contributed by atoms with van der Waals surface area (Å²) in [6, 6.07) is 3.31. The van der Waals surface area contributed by atoms with E-state index in [4.69, 9.17) is 33.3 Å². The lowest BCUT2D eigenvalue weighted by atomic mass is 10.2. The van der Waals surface area contributed by atoms with Gasteiger partial charge in [0.2, 0.25) is 6.79 Å². The number of carbonyl (C=O) groups is 2. The number of benzene rings is 1. The van der Waals surface area contributed by atoms with Crippen LogP contribution in [0.3, 0.4) is 0 Å². The standard InChI is InChI=1S/C13H8ClNO5S2/c14-7-1-6(2-8-11(7)20-5-19-8)3-9-12(18)15(4-10(16)17)13(21)22-9/h1-3H,4-5H2,(H,16,17)/p-1/b9-3+. The van der Waals surface area contributed by atoms with Gasteiger partial charge in [-0.25, -0.2) is 0 Å². The van der Waals surface area contributed by atoms with Crippen LogP contribution in [0.25, 0.3) is 6.08 Å². The SMILES string of the molecule is O=C([O-])CN1C(=O)/C(=C\c2cc(Cl)c3c(c2)OCO3)SC1=S. The van der Waals surface area contributed by atoms with Crippen molar-refractivity contribution in [3.05, 3.63) is 27.6 Å². The van der Waals surface area contributed by atoms with Crippen LogP contribution in [0, 0.1) is 0 Å². The molecule has 0 spiro atoms. The quantitative estimate of drug-likeness (QED) is 0.591. The molecule has 0 aliphatic carbocycles. The Hall–Kier alpha value is -1.77. The van der Waals surface area contributed by atoms with Gasteiger partial charge >= 0.3 is 0 Å². The predicted molar refractivity (Wildman–Crippen MR) is 82.5 cm³/mol. The van der Waals surface area contributed by atoms with Gasteiger partial charge in [0, 0.05) is 0 Å². The number of carboxylic acid groups (broad SMARTS) is 1. The van der Waals surface area contributed by atoms with E-state index >= 15 is 0 Å². The summed E-state index contributed by atoms with van der Waals surface area (Å²) in [7, 11) is 0. The van der Waals surface area contributed by atoms with Gasteiger partial charge in [-0.05, 0) is 23.8 Å². The van der Waals surface area contributed by atoms with Crippen molar-refractivity contribution < 1.29 is 24.2 Å². The Morgan fingerprint density at radius 2 is 2.27 bits per heavy atom. The van der Waals surface area contributed by atoms with Gasteiger partial charge < -0.3 is 19.4 Å². The first-order valence-electron chi connectivity index (χ1n) is 6.00. The first kappa shape index (κ1) is 15.1. The lowest BCUT2D eigenvalue weighted by Crippen LogP contribution is -2.40. The predicted octanol–water partition coefficient (Wildman–Crippen LogP) is 1.02. The molecule has 2 heterocycles. The lowest BCUT2D eigenvalue weighted by Gasteiger charge is -2.14. The van der Waals surface area contributed by atoms with Crippen molar-refractivity contribution >= 4 is 57.9 Å². The summed E-state index contributed by atoms with van der Waals surface area (Å²) >= 11 is 12.1. The van der Waals surface area contributed by atoms with Crippen LogP contribution in [0.1, 0.15) is 5.56 Å². The highest BCUT2D eigenvalue weighted by atomic mass is 35.5. The van der Waals surface area contributed by atoms with Gasteiger partial charge in [0.15, 0.2) is 11.5 Å². The van der Waals surface area contributed by atoms with Crippen LogP contribution < -0.4 is 14.6 Å². The van der Waals surface area contributed by atoms with Crippen LogP contribution in [0.15, 0.2) is 17.0 Å². The number of hydrogen-bond donors (Lipinski definition) is 0. The Kier molecular flexibility index (Phi) is 3.98. The van der Waals surface area contributed by atoms with Gasteiger partial charge in [0.1, 0.15) is 4.32 Å². The second kappa shape index (κ2) is 5.79. The lowest BCUT2D eigenvalue weighted by molar-refractivity contribution is -0.305. The number of halogens is 1. The van der Waals surface area contributed by atoms with Crippen LogP contribution in [0.2, 0.25) is 5.02 Å². The number of carboxylic acids is 1.